The van der Waals surface area contributed by atoms with Gasteiger partial charge in [0, 0.05) is 31.5 Å². The van der Waals surface area contributed by atoms with Crippen LogP contribution < -0.4 is 0 Å². The Morgan fingerprint density at radius 3 is 1.27 bits per heavy atom. The van der Waals surface area contributed by atoms with Crippen molar-refractivity contribution in [1.29, 1.82) is 0 Å². The van der Waals surface area contributed by atoms with Crippen LogP contribution in [0, 0.1) is 29.1 Å². The van der Waals surface area contributed by atoms with Gasteiger partial charge in [0.2, 0.25) is 0 Å². The number of hydrogen-bond donors (Lipinski definition) is 7. The number of rotatable bonds is 11. The third-order valence-electron chi connectivity index (χ3n) is 7.84. The fourth-order valence-corrected chi connectivity index (χ4v) is 4.58. The van der Waals surface area contributed by atoms with E-state index in [1.165, 1.54) is 0 Å². The number of fused-ring (bicyclic) bond motifs is 1. The molecule has 0 radical (unpaired) electrons. The molecule has 3 rings (SSSR count). The van der Waals surface area contributed by atoms with Gasteiger partial charge in [-0.15, -0.1) is 0 Å². The summed E-state index contributed by atoms with van der Waals surface area (Å²) in [4.78, 5) is 41.7. The van der Waals surface area contributed by atoms with E-state index in [1.807, 2.05) is 6.92 Å². The first-order valence-corrected chi connectivity index (χ1v) is 14.3. The molecule has 0 bridgehead atoms. The lowest BCUT2D eigenvalue weighted by molar-refractivity contribution is -0.154. The zero-order valence-corrected chi connectivity index (χ0v) is 23.7. The quantitative estimate of drug-likeness (QED) is 0.106. The number of hydrogen-bond acceptors (Lipinski definition) is 10. The van der Waals surface area contributed by atoms with Gasteiger partial charge in [-0.2, -0.15) is 0 Å². The summed E-state index contributed by atoms with van der Waals surface area (Å²) >= 11 is 0. The van der Waals surface area contributed by atoms with Crippen molar-refractivity contribution < 1.29 is 59.7 Å². The second-order valence-corrected chi connectivity index (χ2v) is 10.8. The summed E-state index contributed by atoms with van der Waals surface area (Å²) in [5, 5.41) is 59.8. The van der Waals surface area contributed by atoms with E-state index in [1.54, 1.807) is 0 Å². The topological polar surface area (TPSA) is 219 Å². The van der Waals surface area contributed by atoms with Gasteiger partial charge < -0.3 is 40.5 Å². The van der Waals surface area contributed by atoms with Crippen molar-refractivity contribution in [1.82, 2.24) is 0 Å². The van der Waals surface area contributed by atoms with E-state index in [0.717, 1.165) is 51.4 Å². The average molecular weight is 579 g/mol. The molecule has 1 saturated heterocycles. The van der Waals surface area contributed by atoms with Gasteiger partial charge >= 0.3 is 23.9 Å². The third kappa shape index (κ3) is 15.0. The molecule has 234 valence electrons. The number of carboxylic acids is 2. The van der Waals surface area contributed by atoms with Crippen LogP contribution in [0.5, 0.6) is 0 Å². The van der Waals surface area contributed by atoms with Crippen LogP contribution in [0.4, 0.5) is 0 Å². The molecule has 0 amide bonds. The largest absolute Gasteiger partial charge is 0.481 e. The summed E-state index contributed by atoms with van der Waals surface area (Å²) in [6.07, 6.45) is 9.81. The highest BCUT2D eigenvalue weighted by Crippen LogP contribution is 2.36. The van der Waals surface area contributed by atoms with E-state index in [0.29, 0.717) is 44.3 Å². The molecule has 0 aromatic heterocycles. The van der Waals surface area contributed by atoms with Gasteiger partial charge in [-0.25, -0.2) is 0 Å². The molecule has 2 saturated carbocycles. The fourth-order valence-electron chi connectivity index (χ4n) is 4.58. The third-order valence-corrected chi connectivity index (χ3v) is 7.84. The Bertz CT molecular complexity index is 661. The van der Waals surface area contributed by atoms with Gasteiger partial charge in [0.1, 0.15) is 0 Å². The van der Waals surface area contributed by atoms with Gasteiger partial charge in [0.15, 0.2) is 0 Å². The summed E-state index contributed by atoms with van der Waals surface area (Å²) in [6.45, 7) is 2.02. The second-order valence-electron chi connectivity index (χ2n) is 10.8. The average Bonchev–Trinajstić information content (AvgIpc) is 3.26. The number of unbranched alkanes of at least 4 members (excludes halogenated alkanes) is 1. The molecular weight excluding hydrogens is 528 g/mol. The van der Waals surface area contributed by atoms with Crippen LogP contribution in [0.2, 0.25) is 0 Å². The molecule has 3 fully saturated rings. The smallest absolute Gasteiger partial charge is 0.317 e. The maximum atomic E-state index is 11.0. The zero-order valence-electron chi connectivity index (χ0n) is 23.7. The Labute approximate surface area is 236 Å². The number of aliphatic hydroxyl groups excluding tert-OH is 5. The van der Waals surface area contributed by atoms with E-state index in [-0.39, 0.29) is 56.4 Å². The van der Waals surface area contributed by atoms with Crippen LogP contribution in [0.15, 0.2) is 0 Å². The zero-order chi connectivity index (χ0) is 30.6. The highest BCUT2D eigenvalue weighted by atomic mass is 16.6. The highest BCUT2D eigenvalue weighted by Gasteiger charge is 2.44. The van der Waals surface area contributed by atoms with Crippen molar-refractivity contribution in [2.45, 2.75) is 90.4 Å². The summed E-state index contributed by atoms with van der Waals surface area (Å²) in [7, 11) is 0. The fraction of sp³-hybridized carbons (Fsp3) is 0.857. The highest BCUT2D eigenvalue weighted by molar-refractivity contribution is 5.96. The summed E-state index contributed by atoms with van der Waals surface area (Å²) in [5.41, 5.74) is -0.667. The van der Waals surface area contributed by atoms with E-state index in [4.69, 9.17) is 35.7 Å². The van der Waals surface area contributed by atoms with Crippen LogP contribution in [0.1, 0.15) is 90.4 Å². The molecule has 40 heavy (non-hydrogen) atoms. The number of aliphatic carboxylic acids is 2. The number of aliphatic hydroxyl groups is 5. The predicted molar refractivity (Wildman–Crippen MR) is 144 cm³/mol. The number of esters is 2. The van der Waals surface area contributed by atoms with E-state index in [9.17, 15) is 19.2 Å². The lowest BCUT2D eigenvalue weighted by atomic mass is 9.81. The van der Waals surface area contributed by atoms with E-state index < -0.39 is 17.4 Å². The molecule has 7 N–H and O–H groups in total. The Balaban J connectivity index is 0.000000509. The van der Waals surface area contributed by atoms with Gasteiger partial charge in [-0.3, -0.25) is 19.2 Å². The van der Waals surface area contributed by atoms with Crippen LogP contribution in [-0.4, -0.2) is 92.7 Å². The Kier molecular flexibility index (Phi) is 20.5. The number of carboxylic acid groups (broad SMARTS) is 2. The molecule has 1 aliphatic heterocycles. The minimum Gasteiger partial charge on any atom is -0.481 e. The van der Waals surface area contributed by atoms with Crippen LogP contribution in [-0.2, 0) is 23.9 Å². The van der Waals surface area contributed by atoms with Crippen molar-refractivity contribution >= 4 is 23.9 Å². The number of carbonyl (C=O) groups is 4. The standard InChI is InChI=1S/C8H10O3.C8H16O2.C6H10O4.C6H14O3/c9-7-5-3-1-2-4-6(5)8(10)11-7;9-5-7-1-2-8(6-10)4-3-7;7-5(8)3-1-2-4-6(9)10;1-2-6(3-7,4-8)5-9/h5-6H,1-4H2;7-10H,1-6H2;1-4H2,(H,7,8)(H,9,10);7-9H,2-5H2,1H3. The minimum absolute atomic E-state index is 0.0628. The molecule has 0 aromatic rings. The Morgan fingerprint density at radius 2 is 1.05 bits per heavy atom. The van der Waals surface area contributed by atoms with E-state index in [2.05, 4.69) is 4.74 Å². The normalized spacial score (nSPS) is 23.6. The maximum absolute atomic E-state index is 11.0. The SMILES string of the molecule is CCC(CO)(CO)CO.O=C(O)CCCCC(=O)O.O=C1OC(=O)C2CCCCC12.OCC1CCC(CO)CC1. The molecule has 2 aliphatic carbocycles. The lowest BCUT2D eigenvalue weighted by Gasteiger charge is -2.25. The Hall–Kier alpha value is -2.12. The van der Waals surface area contributed by atoms with Gasteiger partial charge in [0.25, 0.3) is 0 Å². The Morgan fingerprint density at radius 1 is 0.700 bits per heavy atom. The maximum Gasteiger partial charge on any atom is 0.317 e. The molecule has 12 nitrogen and oxygen atoms in total. The van der Waals surface area contributed by atoms with Gasteiger partial charge in [-0.05, 0) is 69.6 Å². The monoisotopic (exact) mass is 578 g/mol. The molecular formula is C28H50O12. The van der Waals surface area contributed by atoms with Crippen molar-refractivity contribution in [3.8, 4) is 0 Å². The lowest BCUT2D eigenvalue weighted by Crippen LogP contribution is -2.32. The first kappa shape index (κ1) is 37.9. The molecule has 0 aromatic carbocycles. The van der Waals surface area contributed by atoms with Crippen molar-refractivity contribution in [3.05, 3.63) is 0 Å². The molecule has 3 aliphatic rings. The van der Waals surface area contributed by atoms with Crippen molar-refractivity contribution in [2.75, 3.05) is 33.0 Å². The molecule has 2 unspecified atom stereocenters. The second kappa shape index (κ2) is 21.6. The molecule has 1 heterocycles. The van der Waals surface area contributed by atoms with E-state index >= 15 is 0 Å². The van der Waals surface area contributed by atoms with Crippen molar-refractivity contribution in [3.63, 3.8) is 0 Å². The predicted octanol–water partition coefficient (Wildman–Crippen LogP) is 1.73. The minimum atomic E-state index is -0.870. The first-order valence-electron chi connectivity index (χ1n) is 14.3. The number of cyclic esters (lactones) is 2. The van der Waals surface area contributed by atoms with Gasteiger partial charge in [0.05, 0.1) is 31.7 Å². The summed E-state index contributed by atoms with van der Waals surface area (Å²) < 4.78 is 4.53. The van der Waals surface area contributed by atoms with Crippen LogP contribution in [0.25, 0.3) is 0 Å². The molecule has 0 spiro atoms. The van der Waals surface area contributed by atoms with Crippen LogP contribution >= 0.6 is 0 Å². The van der Waals surface area contributed by atoms with Gasteiger partial charge in [-0.1, -0.05) is 19.8 Å². The molecule has 2 atom stereocenters. The molecule has 12 heteroatoms. The summed E-state index contributed by atoms with van der Waals surface area (Å²) in [6, 6.07) is 0. The van der Waals surface area contributed by atoms with Crippen molar-refractivity contribution in [2.24, 2.45) is 29.1 Å². The number of carbonyl (C=O) groups excluding carboxylic acids is 2. The summed E-state index contributed by atoms with van der Waals surface area (Å²) in [5.74, 6) is -1.49. The van der Waals surface area contributed by atoms with Crippen LogP contribution in [0.3, 0.4) is 0 Å². The first-order chi connectivity index (χ1) is 19.0. The number of ether oxygens (including phenoxy) is 1.